The monoisotopic (exact) mass is 380 g/mol. The molecule has 27 heavy (non-hydrogen) atoms. The van der Waals surface area contributed by atoms with Crippen molar-refractivity contribution in [1.82, 2.24) is 0 Å². The Labute approximate surface area is 162 Å². The lowest BCUT2D eigenvalue weighted by Crippen LogP contribution is -2.21. The van der Waals surface area contributed by atoms with Crippen LogP contribution in [0.1, 0.15) is 20.8 Å². The van der Waals surface area contributed by atoms with E-state index in [2.05, 4.69) is 10.6 Å². The second-order valence-electron chi connectivity index (χ2n) is 6.06. The molecular formula is C21H20N2O3S. The van der Waals surface area contributed by atoms with Gasteiger partial charge in [0.05, 0.1) is 4.88 Å². The van der Waals surface area contributed by atoms with E-state index in [9.17, 15) is 9.59 Å². The number of ether oxygens (including phenoxy) is 1. The molecular weight excluding hydrogens is 360 g/mol. The first-order chi connectivity index (χ1) is 13.0. The lowest BCUT2D eigenvalue weighted by molar-refractivity contribution is -0.118. The van der Waals surface area contributed by atoms with E-state index >= 15 is 0 Å². The van der Waals surface area contributed by atoms with Crippen LogP contribution >= 0.6 is 11.3 Å². The van der Waals surface area contributed by atoms with Gasteiger partial charge < -0.3 is 15.4 Å². The van der Waals surface area contributed by atoms with Crippen molar-refractivity contribution in [1.29, 1.82) is 0 Å². The second kappa shape index (κ2) is 8.51. The molecule has 0 spiro atoms. The fourth-order valence-electron chi connectivity index (χ4n) is 2.48. The van der Waals surface area contributed by atoms with E-state index in [0.717, 1.165) is 11.1 Å². The quantitative estimate of drug-likeness (QED) is 0.655. The number of amides is 2. The van der Waals surface area contributed by atoms with Crippen LogP contribution in [0.25, 0.3) is 0 Å². The third-order valence-corrected chi connectivity index (χ3v) is 4.84. The Balaban J connectivity index is 1.63. The predicted octanol–water partition coefficient (Wildman–Crippen LogP) is 4.63. The van der Waals surface area contributed by atoms with Gasteiger partial charge in [0.2, 0.25) is 0 Å². The number of carbonyl (C=O) groups excluding carboxylic acids is 2. The highest BCUT2D eigenvalue weighted by Gasteiger charge is 2.10. The average molecular weight is 380 g/mol. The first-order valence-electron chi connectivity index (χ1n) is 8.47. The molecule has 138 valence electrons. The third-order valence-electron chi connectivity index (χ3n) is 3.97. The van der Waals surface area contributed by atoms with Crippen LogP contribution in [0, 0.1) is 13.8 Å². The highest BCUT2D eigenvalue weighted by Crippen LogP contribution is 2.22. The van der Waals surface area contributed by atoms with Crippen molar-refractivity contribution in [2.24, 2.45) is 0 Å². The van der Waals surface area contributed by atoms with Crippen LogP contribution < -0.4 is 15.4 Å². The molecule has 0 aliphatic carbocycles. The minimum Gasteiger partial charge on any atom is -0.483 e. The fourth-order valence-corrected chi connectivity index (χ4v) is 3.10. The summed E-state index contributed by atoms with van der Waals surface area (Å²) in [6.45, 7) is 3.73. The van der Waals surface area contributed by atoms with Crippen molar-refractivity contribution in [2.75, 3.05) is 17.2 Å². The molecule has 0 radical (unpaired) electrons. The molecule has 3 aromatic rings. The zero-order valence-corrected chi connectivity index (χ0v) is 15.9. The Bertz CT molecular complexity index is 952. The zero-order valence-electron chi connectivity index (χ0n) is 15.1. The molecule has 2 amide bonds. The minimum absolute atomic E-state index is 0.0872. The van der Waals surface area contributed by atoms with Gasteiger partial charge in [0.1, 0.15) is 5.75 Å². The normalized spacial score (nSPS) is 10.3. The summed E-state index contributed by atoms with van der Waals surface area (Å²) >= 11 is 1.38. The van der Waals surface area contributed by atoms with Gasteiger partial charge in [0, 0.05) is 11.4 Å². The molecule has 2 aromatic carbocycles. The number of aryl methyl sites for hydroxylation is 2. The Kier molecular flexibility index (Phi) is 5.88. The van der Waals surface area contributed by atoms with Gasteiger partial charge in [-0.15, -0.1) is 11.3 Å². The Hall–Kier alpha value is -3.12. The molecule has 0 fully saturated rings. The molecule has 5 nitrogen and oxygen atoms in total. The Morgan fingerprint density at radius 1 is 0.963 bits per heavy atom. The van der Waals surface area contributed by atoms with Crippen molar-refractivity contribution in [2.45, 2.75) is 13.8 Å². The molecule has 0 atom stereocenters. The number of rotatable bonds is 6. The lowest BCUT2D eigenvalue weighted by Gasteiger charge is -2.12. The highest BCUT2D eigenvalue weighted by atomic mass is 32.1. The third kappa shape index (κ3) is 4.95. The Morgan fingerprint density at radius 3 is 2.52 bits per heavy atom. The topological polar surface area (TPSA) is 67.4 Å². The summed E-state index contributed by atoms with van der Waals surface area (Å²) in [6, 6.07) is 16.5. The predicted molar refractivity (Wildman–Crippen MR) is 109 cm³/mol. The average Bonchev–Trinajstić information content (AvgIpc) is 3.19. The number of anilines is 2. The molecule has 6 heteroatoms. The van der Waals surface area contributed by atoms with Crippen LogP contribution in [-0.2, 0) is 4.79 Å². The van der Waals surface area contributed by atoms with Crippen molar-refractivity contribution in [3.8, 4) is 5.75 Å². The van der Waals surface area contributed by atoms with Gasteiger partial charge in [-0.1, -0.05) is 30.3 Å². The summed E-state index contributed by atoms with van der Waals surface area (Å²) in [5, 5.41) is 7.53. The van der Waals surface area contributed by atoms with Crippen LogP contribution in [0.4, 0.5) is 11.4 Å². The zero-order chi connectivity index (χ0) is 19.2. The van der Waals surface area contributed by atoms with Crippen molar-refractivity contribution in [3.63, 3.8) is 0 Å². The standard InChI is InChI=1S/C21H20N2O3S/c1-14-9-10-16(22-21(25)19-8-5-11-27-19)12-17(14)23-20(24)13-26-18-7-4-3-6-15(18)2/h3-12H,13H2,1-2H3,(H,22,25)(H,23,24). The number of hydrogen-bond acceptors (Lipinski definition) is 4. The highest BCUT2D eigenvalue weighted by molar-refractivity contribution is 7.12. The first-order valence-corrected chi connectivity index (χ1v) is 9.34. The number of thiophene rings is 1. The summed E-state index contributed by atoms with van der Waals surface area (Å²) in [5.74, 6) is 0.249. The maximum absolute atomic E-state index is 12.2. The second-order valence-corrected chi connectivity index (χ2v) is 7.01. The largest absolute Gasteiger partial charge is 0.483 e. The smallest absolute Gasteiger partial charge is 0.265 e. The number of carbonyl (C=O) groups is 2. The number of hydrogen-bond donors (Lipinski definition) is 2. The van der Waals surface area contributed by atoms with Gasteiger partial charge in [-0.3, -0.25) is 9.59 Å². The summed E-state index contributed by atoms with van der Waals surface area (Å²) in [6.07, 6.45) is 0. The van der Waals surface area contributed by atoms with Crippen LogP contribution in [0.2, 0.25) is 0 Å². The van der Waals surface area contributed by atoms with Crippen molar-refractivity contribution >= 4 is 34.5 Å². The molecule has 0 saturated carbocycles. The van der Waals surface area contributed by atoms with Crippen molar-refractivity contribution < 1.29 is 14.3 Å². The lowest BCUT2D eigenvalue weighted by atomic mass is 10.1. The van der Waals surface area contributed by atoms with Crippen LogP contribution in [0.3, 0.4) is 0 Å². The van der Waals surface area contributed by atoms with Gasteiger partial charge in [-0.2, -0.15) is 0 Å². The van der Waals surface area contributed by atoms with Gasteiger partial charge >= 0.3 is 0 Å². The van der Waals surface area contributed by atoms with E-state index in [1.807, 2.05) is 55.6 Å². The van der Waals surface area contributed by atoms with Gasteiger partial charge in [0.25, 0.3) is 11.8 Å². The minimum atomic E-state index is -0.261. The van der Waals surface area contributed by atoms with Gasteiger partial charge in [0.15, 0.2) is 6.61 Å². The molecule has 0 aliphatic rings. The molecule has 2 N–H and O–H groups in total. The fraction of sp³-hybridized carbons (Fsp3) is 0.143. The summed E-state index contributed by atoms with van der Waals surface area (Å²) in [4.78, 5) is 25.1. The maximum Gasteiger partial charge on any atom is 0.265 e. The van der Waals surface area contributed by atoms with Crippen LogP contribution in [0.15, 0.2) is 60.0 Å². The molecule has 0 aliphatic heterocycles. The van der Waals surface area contributed by atoms with Crippen molar-refractivity contribution in [3.05, 3.63) is 76.0 Å². The van der Waals surface area contributed by atoms with E-state index in [1.54, 1.807) is 18.2 Å². The van der Waals surface area contributed by atoms with E-state index in [0.29, 0.717) is 22.0 Å². The molecule has 0 unspecified atom stereocenters. The van der Waals surface area contributed by atoms with E-state index in [1.165, 1.54) is 11.3 Å². The molecule has 3 rings (SSSR count). The summed E-state index contributed by atoms with van der Waals surface area (Å²) in [5.41, 5.74) is 3.12. The number of benzene rings is 2. The van der Waals surface area contributed by atoms with E-state index in [4.69, 9.17) is 4.74 Å². The SMILES string of the molecule is Cc1ccc(NC(=O)c2cccs2)cc1NC(=O)COc1ccccc1C. The summed E-state index contributed by atoms with van der Waals surface area (Å²) < 4.78 is 5.57. The molecule has 1 aromatic heterocycles. The molecule has 1 heterocycles. The van der Waals surface area contributed by atoms with E-state index in [-0.39, 0.29) is 18.4 Å². The van der Waals surface area contributed by atoms with Gasteiger partial charge in [-0.25, -0.2) is 0 Å². The first kappa shape index (κ1) is 18.7. The van der Waals surface area contributed by atoms with Crippen LogP contribution in [-0.4, -0.2) is 18.4 Å². The Morgan fingerprint density at radius 2 is 1.78 bits per heavy atom. The van der Waals surface area contributed by atoms with E-state index < -0.39 is 0 Å². The summed E-state index contributed by atoms with van der Waals surface area (Å²) in [7, 11) is 0. The van der Waals surface area contributed by atoms with Crippen LogP contribution in [0.5, 0.6) is 5.75 Å². The van der Waals surface area contributed by atoms with Gasteiger partial charge in [-0.05, 0) is 54.6 Å². The maximum atomic E-state index is 12.2. The number of para-hydroxylation sites is 1. The molecule has 0 bridgehead atoms. The number of nitrogens with one attached hydrogen (secondary N) is 2. The molecule has 0 saturated heterocycles.